The van der Waals surface area contributed by atoms with Crippen LogP contribution in [0.2, 0.25) is 0 Å². The van der Waals surface area contributed by atoms with Gasteiger partial charge in [-0.05, 0) is 58.3 Å². The second kappa shape index (κ2) is 13.2. The zero-order valence-electron chi connectivity index (χ0n) is 21.5. The summed E-state index contributed by atoms with van der Waals surface area (Å²) in [6, 6.07) is 24.6. The molecule has 6 nitrogen and oxygen atoms in total. The molecular formula is C31H25F3N2O4S. The lowest BCUT2D eigenvalue weighted by Crippen LogP contribution is -2.45. The molecule has 210 valence electrons. The summed E-state index contributed by atoms with van der Waals surface area (Å²) in [6.07, 6.45) is -3.18. The summed E-state index contributed by atoms with van der Waals surface area (Å²) in [5.41, 5.74) is 0.254. The van der Waals surface area contributed by atoms with Gasteiger partial charge in [-0.3, -0.25) is 9.59 Å². The molecule has 0 aliphatic heterocycles. The van der Waals surface area contributed by atoms with Crippen LogP contribution in [-0.2, 0) is 21.5 Å². The Hall–Kier alpha value is -4.57. The zero-order chi connectivity index (χ0) is 29.4. The first-order chi connectivity index (χ1) is 19.6. The van der Waals surface area contributed by atoms with Gasteiger partial charge in [0.2, 0.25) is 0 Å². The standard InChI is InChI=1S/C31H25F3N2O4S/c32-31(33,34)25-14-12-23(13-15-25)28(37)35-26(17-21-10-11-22-8-4-5-9-24(22)16-21)29(38)36-27(30(39)40)19-41-18-20-6-2-1-3-7-20/h1-17,27H,18-19H2,(H,35,37)(H,36,38)(H,39,40)/t27-/m0/s1. The fourth-order valence-corrected chi connectivity index (χ4v) is 4.91. The fraction of sp³-hybridized carbons (Fsp3) is 0.129. The van der Waals surface area contributed by atoms with Crippen LogP contribution >= 0.6 is 11.8 Å². The average Bonchev–Trinajstić information content (AvgIpc) is 2.96. The van der Waals surface area contributed by atoms with Crippen molar-refractivity contribution in [2.45, 2.75) is 18.0 Å². The number of hydrogen-bond acceptors (Lipinski definition) is 4. The van der Waals surface area contributed by atoms with E-state index in [1.54, 1.807) is 12.1 Å². The molecule has 0 spiro atoms. The Kier molecular flexibility index (Phi) is 9.46. The number of fused-ring (bicyclic) bond motifs is 1. The minimum absolute atomic E-state index is 0.0616. The van der Waals surface area contributed by atoms with Crippen molar-refractivity contribution in [2.24, 2.45) is 0 Å². The number of alkyl halides is 3. The molecule has 0 fully saturated rings. The Morgan fingerprint density at radius 2 is 1.51 bits per heavy atom. The molecule has 4 aromatic carbocycles. The number of halogens is 3. The number of thioether (sulfide) groups is 1. The molecule has 4 rings (SSSR count). The van der Waals surface area contributed by atoms with Gasteiger partial charge in [-0.2, -0.15) is 24.9 Å². The van der Waals surface area contributed by atoms with Crippen LogP contribution in [-0.4, -0.2) is 34.7 Å². The second-order valence-corrected chi connectivity index (χ2v) is 10.1. The number of benzene rings is 4. The van der Waals surface area contributed by atoms with E-state index in [-0.39, 0.29) is 17.0 Å². The highest BCUT2D eigenvalue weighted by molar-refractivity contribution is 7.98. The summed E-state index contributed by atoms with van der Waals surface area (Å²) < 4.78 is 38.8. The largest absolute Gasteiger partial charge is 0.480 e. The maximum absolute atomic E-state index is 13.3. The van der Waals surface area contributed by atoms with Crippen molar-refractivity contribution in [1.29, 1.82) is 0 Å². The molecule has 0 saturated carbocycles. The molecule has 10 heteroatoms. The van der Waals surface area contributed by atoms with Gasteiger partial charge in [0.15, 0.2) is 0 Å². The SMILES string of the molecule is O=C(N[C@@H](CSCc1ccccc1)C(=O)O)C(=Cc1ccc2ccccc2c1)NC(=O)c1ccc(C(F)(F)F)cc1. The topological polar surface area (TPSA) is 95.5 Å². The van der Waals surface area contributed by atoms with Gasteiger partial charge in [-0.25, -0.2) is 4.79 Å². The van der Waals surface area contributed by atoms with E-state index in [0.717, 1.165) is 40.6 Å². The van der Waals surface area contributed by atoms with E-state index < -0.39 is 35.6 Å². The Labute approximate surface area is 238 Å². The van der Waals surface area contributed by atoms with Gasteiger partial charge >= 0.3 is 12.1 Å². The van der Waals surface area contributed by atoms with Crippen molar-refractivity contribution in [3.8, 4) is 0 Å². The van der Waals surface area contributed by atoms with Gasteiger partial charge in [0, 0.05) is 17.1 Å². The third kappa shape index (κ3) is 8.21. The molecule has 2 amide bonds. The molecular weight excluding hydrogens is 553 g/mol. The Balaban J connectivity index is 1.56. The minimum Gasteiger partial charge on any atom is -0.480 e. The first-order valence-corrected chi connectivity index (χ1v) is 13.6. The van der Waals surface area contributed by atoms with Crippen LogP contribution in [0.1, 0.15) is 27.0 Å². The molecule has 0 saturated heterocycles. The molecule has 41 heavy (non-hydrogen) atoms. The molecule has 1 atom stereocenters. The van der Waals surface area contributed by atoms with E-state index in [0.29, 0.717) is 11.3 Å². The first kappa shape index (κ1) is 29.4. The Morgan fingerprint density at radius 3 is 2.17 bits per heavy atom. The Morgan fingerprint density at radius 1 is 0.854 bits per heavy atom. The second-order valence-electron chi connectivity index (χ2n) is 9.06. The van der Waals surface area contributed by atoms with E-state index in [4.69, 9.17) is 0 Å². The number of hydrogen-bond donors (Lipinski definition) is 3. The molecule has 3 N–H and O–H groups in total. The summed E-state index contributed by atoms with van der Waals surface area (Å²) >= 11 is 1.32. The number of carbonyl (C=O) groups excluding carboxylic acids is 2. The van der Waals surface area contributed by atoms with E-state index in [1.807, 2.05) is 60.7 Å². The maximum atomic E-state index is 13.3. The fourth-order valence-electron chi connectivity index (χ4n) is 3.91. The van der Waals surface area contributed by atoms with Crippen LogP contribution in [0.3, 0.4) is 0 Å². The number of aliphatic carboxylic acids is 1. The highest BCUT2D eigenvalue weighted by Gasteiger charge is 2.30. The van der Waals surface area contributed by atoms with Crippen molar-refractivity contribution in [3.05, 3.63) is 125 Å². The van der Waals surface area contributed by atoms with Crippen molar-refractivity contribution < 1.29 is 32.7 Å². The highest BCUT2D eigenvalue weighted by Crippen LogP contribution is 2.29. The van der Waals surface area contributed by atoms with Gasteiger partial charge in [0.25, 0.3) is 11.8 Å². The van der Waals surface area contributed by atoms with Crippen LogP contribution < -0.4 is 10.6 Å². The third-order valence-electron chi connectivity index (χ3n) is 6.05. The van der Waals surface area contributed by atoms with Gasteiger partial charge in [0.05, 0.1) is 5.56 Å². The van der Waals surface area contributed by atoms with E-state index in [1.165, 1.54) is 17.8 Å². The molecule has 0 aromatic heterocycles. The summed E-state index contributed by atoms with van der Waals surface area (Å²) in [5, 5.41) is 16.5. The number of carbonyl (C=O) groups is 3. The van der Waals surface area contributed by atoms with Crippen LogP contribution in [0.15, 0.2) is 103 Å². The summed E-state index contributed by atoms with van der Waals surface area (Å²) in [7, 11) is 0. The van der Waals surface area contributed by atoms with Gasteiger partial charge in [-0.15, -0.1) is 0 Å². The molecule has 0 unspecified atom stereocenters. The number of amides is 2. The normalized spacial score (nSPS) is 12.5. The van der Waals surface area contributed by atoms with Crippen LogP contribution in [0.5, 0.6) is 0 Å². The number of nitrogens with one attached hydrogen (secondary N) is 2. The van der Waals surface area contributed by atoms with Gasteiger partial charge in [-0.1, -0.05) is 66.7 Å². The molecule has 0 radical (unpaired) electrons. The first-order valence-electron chi connectivity index (χ1n) is 12.4. The van der Waals surface area contributed by atoms with Crippen LogP contribution in [0.25, 0.3) is 16.8 Å². The predicted molar refractivity (Wildman–Crippen MR) is 153 cm³/mol. The molecule has 0 heterocycles. The monoisotopic (exact) mass is 578 g/mol. The lowest BCUT2D eigenvalue weighted by molar-refractivity contribution is -0.140. The van der Waals surface area contributed by atoms with E-state index in [9.17, 15) is 32.7 Å². The van der Waals surface area contributed by atoms with Crippen molar-refractivity contribution in [1.82, 2.24) is 10.6 Å². The summed E-state index contributed by atoms with van der Waals surface area (Å²) in [5.74, 6) is -2.34. The smallest absolute Gasteiger partial charge is 0.416 e. The van der Waals surface area contributed by atoms with Crippen LogP contribution in [0.4, 0.5) is 13.2 Å². The summed E-state index contributed by atoms with van der Waals surface area (Å²) in [4.78, 5) is 38.2. The quantitative estimate of drug-likeness (QED) is 0.197. The minimum atomic E-state index is -4.57. The van der Waals surface area contributed by atoms with Crippen molar-refractivity contribution in [3.63, 3.8) is 0 Å². The van der Waals surface area contributed by atoms with Crippen molar-refractivity contribution in [2.75, 3.05) is 5.75 Å². The molecule has 0 aliphatic carbocycles. The molecule has 4 aromatic rings. The summed E-state index contributed by atoms with van der Waals surface area (Å²) in [6.45, 7) is 0. The average molecular weight is 579 g/mol. The zero-order valence-corrected chi connectivity index (χ0v) is 22.3. The highest BCUT2D eigenvalue weighted by atomic mass is 32.2. The molecule has 0 bridgehead atoms. The molecule has 0 aliphatic rings. The van der Waals surface area contributed by atoms with E-state index in [2.05, 4.69) is 10.6 Å². The lowest BCUT2D eigenvalue weighted by Gasteiger charge is -2.17. The van der Waals surface area contributed by atoms with Crippen LogP contribution in [0, 0.1) is 0 Å². The van der Waals surface area contributed by atoms with E-state index >= 15 is 0 Å². The van der Waals surface area contributed by atoms with Crippen molar-refractivity contribution >= 4 is 46.4 Å². The third-order valence-corrected chi connectivity index (χ3v) is 7.16. The van der Waals surface area contributed by atoms with Gasteiger partial charge in [0.1, 0.15) is 11.7 Å². The Bertz CT molecular complexity index is 1570. The van der Waals surface area contributed by atoms with Gasteiger partial charge < -0.3 is 15.7 Å². The number of rotatable bonds is 10. The maximum Gasteiger partial charge on any atom is 0.416 e. The predicted octanol–water partition coefficient (Wildman–Crippen LogP) is 6.13. The number of carboxylic acid groups (broad SMARTS) is 1. The number of carboxylic acids is 1. The lowest BCUT2D eigenvalue weighted by atomic mass is 10.1.